The maximum Gasteiger partial charge on any atom is 0.258 e. The van der Waals surface area contributed by atoms with E-state index < -0.39 is 0 Å². The van der Waals surface area contributed by atoms with E-state index in [0.717, 1.165) is 16.2 Å². The predicted molar refractivity (Wildman–Crippen MR) is 87.7 cm³/mol. The molecule has 0 aliphatic carbocycles. The number of thiophene rings is 1. The number of nitrogens with one attached hydrogen (secondary N) is 1. The van der Waals surface area contributed by atoms with Gasteiger partial charge < -0.3 is 14.5 Å². The van der Waals surface area contributed by atoms with Crippen LogP contribution in [0.5, 0.6) is 5.75 Å². The molecule has 0 atom stereocenters. The number of anilines is 1. The number of methoxy groups -OCH3 is 1. The number of carbonyl (C=O) groups excluding carboxylic acids is 1. The van der Waals surface area contributed by atoms with E-state index >= 15 is 0 Å². The highest BCUT2D eigenvalue weighted by atomic mass is 32.1. The molecule has 7 heteroatoms. The number of nitrogens with zero attached hydrogens (tertiary/aromatic N) is 2. The lowest BCUT2D eigenvalue weighted by Crippen LogP contribution is -2.14. The number of benzene rings is 1. The summed E-state index contributed by atoms with van der Waals surface area (Å²) in [5.41, 5.74) is 1.76. The first-order valence-electron chi connectivity index (χ1n) is 6.96. The molecule has 3 aromatic rings. The van der Waals surface area contributed by atoms with E-state index in [9.17, 15) is 4.79 Å². The summed E-state index contributed by atoms with van der Waals surface area (Å²) >= 11 is 1.53. The largest absolute Gasteiger partial charge is 0.497 e. The molecule has 0 aliphatic rings. The highest BCUT2D eigenvalue weighted by Crippen LogP contribution is 2.27. The molecule has 2 aromatic heterocycles. The summed E-state index contributed by atoms with van der Waals surface area (Å²) in [4.78, 5) is 13.0. The summed E-state index contributed by atoms with van der Waals surface area (Å²) in [6.45, 7) is 1.98. The van der Waals surface area contributed by atoms with E-state index in [1.165, 1.54) is 11.3 Å². The fourth-order valence-electron chi connectivity index (χ4n) is 2.03. The van der Waals surface area contributed by atoms with Gasteiger partial charge in [0.2, 0.25) is 11.8 Å². The lowest BCUT2D eigenvalue weighted by molar-refractivity contribution is -0.115. The van der Waals surface area contributed by atoms with Gasteiger partial charge in [-0.2, -0.15) is 0 Å². The fourth-order valence-corrected chi connectivity index (χ4v) is 2.87. The molecule has 118 valence electrons. The molecule has 0 saturated carbocycles. The van der Waals surface area contributed by atoms with Crippen LogP contribution in [0.4, 0.5) is 5.69 Å². The van der Waals surface area contributed by atoms with Crippen LogP contribution in [0.3, 0.4) is 0 Å². The van der Waals surface area contributed by atoms with Gasteiger partial charge in [-0.15, -0.1) is 21.5 Å². The van der Waals surface area contributed by atoms with Crippen molar-refractivity contribution < 1.29 is 13.9 Å². The van der Waals surface area contributed by atoms with Crippen molar-refractivity contribution in [2.24, 2.45) is 0 Å². The zero-order valence-corrected chi connectivity index (χ0v) is 13.5. The first-order valence-corrected chi connectivity index (χ1v) is 7.84. The third-order valence-corrected chi connectivity index (χ3v) is 4.21. The summed E-state index contributed by atoms with van der Waals surface area (Å²) < 4.78 is 10.6. The van der Waals surface area contributed by atoms with Crippen molar-refractivity contribution in [2.75, 3.05) is 12.4 Å². The van der Waals surface area contributed by atoms with Crippen molar-refractivity contribution in [1.82, 2.24) is 10.2 Å². The Hall–Kier alpha value is -2.67. The van der Waals surface area contributed by atoms with E-state index in [-0.39, 0.29) is 12.3 Å². The van der Waals surface area contributed by atoms with Crippen LogP contribution >= 0.6 is 11.3 Å². The lowest BCUT2D eigenvalue weighted by atomic mass is 10.3. The smallest absolute Gasteiger partial charge is 0.258 e. The quantitative estimate of drug-likeness (QED) is 0.777. The summed E-state index contributed by atoms with van der Waals surface area (Å²) in [5.74, 6) is 1.26. The third kappa shape index (κ3) is 3.57. The van der Waals surface area contributed by atoms with Gasteiger partial charge in [-0.3, -0.25) is 4.79 Å². The van der Waals surface area contributed by atoms with Gasteiger partial charge in [0, 0.05) is 5.69 Å². The molecular weight excluding hydrogens is 314 g/mol. The summed E-state index contributed by atoms with van der Waals surface area (Å²) in [5, 5.41) is 12.7. The minimum atomic E-state index is -0.215. The second-order valence-electron chi connectivity index (χ2n) is 4.89. The molecule has 2 heterocycles. The van der Waals surface area contributed by atoms with Crippen molar-refractivity contribution in [3.8, 4) is 16.5 Å². The van der Waals surface area contributed by atoms with Crippen LogP contribution in [0, 0.1) is 6.92 Å². The van der Waals surface area contributed by atoms with Gasteiger partial charge in [0.25, 0.3) is 5.89 Å². The number of hydrogen-bond acceptors (Lipinski definition) is 6. The molecule has 23 heavy (non-hydrogen) atoms. The Morgan fingerprint density at radius 3 is 2.70 bits per heavy atom. The van der Waals surface area contributed by atoms with Gasteiger partial charge in [-0.05, 0) is 48.2 Å². The van der Waals surface area contributed by atoms with E-state index in [1.54, 1.807) is 31.4 Å². The Labute approximate surface area is 137 Å². The Balaban J connectivity index is 1.64. The SMILES string of the molecule is COc1ccc(NC(=O)Cc2nnc(-c3sccc3C)o2)cc1. The fraction of sp³-hybridized carbons (Fsp3) is 0.188. The Kier molecular flexibility index (Phi) is 4.38. The van der Waals surface area contributed by atoms with Crippen LogP contribution in [0.25, 0.3) is 10.8 Å². The van der Waals surface area contributed by atoms with Gasteiger partial charge in [-0.25, -0.2) is 0 Å². The van der Waals surface area contributed by atoms with E-state index in [4.69, 9.17) is 9.15 Å². The minimum absolute atomic E-state index is 0.0312. The van der Waals surface area contributed by atoms with Crippen molar-refractivity contribution in [3.05, 3.63) is 47.2 Å². The van der Waals surface area contributed by atoms with Gasteiger partial charge in [-0.1, -0.05) is 0 Å². The number of rotatable bonds is 5. The number of carbonyl (C=O) groups is 1. The third-order valence-electron chi connectivity index (χ3n) is 3.21. The van der Waals surface area contributed by atoms with Crippen LogP contribution in [-0.4, -0.2) is 23.2 Å². The van der Waals surface area contributed by atoms with E-state index in [2.05, 4.69) is 15.5 Å². The number of ether oxygens (including phenoxy) is 1. The molecule has 0 bridgehead atoms. The molecule has 0 fully saturated rings. The predicted octanol–water partition coefficient (Wildman–Crippen LogP) is 3.30. The molecule has 0 saturated heterocycles. The zero-order valence-electron chi connectivity index (χ0n) is 12.7. The average molecular weight is 329 g/mol. The van der Waals surface area contributed by atoms with Crippen LogP contribution < -0.4 is 10.1 Å². The van der Waals surface area contributed by atoms with Crippen molar-refractivity contribution in [2.45, 2.75) is 13.3 Å². The standard InChI is InChI=1S/C16H15N3O3S/c1-10-7-8-23-15(10)16-19-18-14(22-16)9-13(20)17-11-3-5-12(21-2)6-4-11/h3-8H,9H2,1-2H3,(H,17,20). The molecule has 0 unspecified atom stereocenters. The second-order valence-corrected chi connectivity index (χ2v) is 5.80. The monoisotopic (exact) mass is 329 g/mol. The average Bonchev–Trinajstić information content (AvgIpc) is 3.16. The number of aryl methyl sites for hydroxylation is 1. The van der Waals surface area contributed by atoms with Crippen LogP contribution in [0.15, 0.2) is 40.1 Å². The number of aromatic nitrogens is 2. The molecule has 1 N–H and O–H groups in total. The molecule has 3 rings (SSSR count). The summed E-state index contributed by atoms with van der Waals surface area (Å²) in [6.07, 6.45) is 0.0312. The Morgan fingerprint density at radius 1 is 1.26 bits per heavy atom. The first kappa shape index (κ1) is 15.2. The van der Waals surface area contributed by atoms with Crippen LogP contribution in [-0.2, 0) is 11.2 Å². The zero-order chi connectivity index (χ0) is 16.2. The van der Waals surface area contributed by atoms with Gasteiger partial charge in [0.15, 0.2) is 0 Å². The maximum absolute atomic E-state index is 12.0. The van der Waals surface area contributed by atoms with E-state index in [1.807, 2.05) is 18.4 Å². The normalized spacial score (nSPS) is 10.5. The number of amides is 1. The van der Waals surface area contributed by atoms with Gasteiger partial charge in [0.1, 0.15) is 12.2 Å². The first-order chi connectivity index (χ1) is 11.2. The minimum Gasteiger partial charge on any atom is -0.497 e. The molecule has 6 nitrogen and oxygen atoms in total. The van der Waals surface area contributed by atoms with Crippen molar-refractivity contribution >= 4 is 22.9 Å². The molecule has 1 amide bonds. The Morgan fingerprint density at radius 2 is 2.04 bits per heavy atom. The highest BCUT2D eigenvalue weighted by molar-refractivity contribution is 7.13. The van der Waals surface area contributed by atoms with Crippen LogP contribution in [0.2, 0.25) is 0 Å². The number of hydrogen-bond donors (Lipinski definition) is 1. The molecule has 0 aliphatic heterocycles. The van der Waals surface area contributed by atoms with Crippen molar-refractivity contribution in [3.63, 3.8) is 0 Å². The Bertz CT molecular complexity index is 808. The molecule has 0 radical (unpaired) electrons. The van der Waals surface area contributed by atoms with Crippen LogP contribution in [0.1, 0.15) is 11.5 Å². The topological polar surface area (TPSA) is 77.2 Å². The molecule has 1 aromatic carbocycles. The molecule has 0 spiro atoms. The lowest BCUT2D eigenvalue weighted by Gasteiger charge is -2.04. The summed E-state index contributed by atoms with van der Waals surface area (Å²) in [6, 6.07) is 9.08. The molecular formula is C16H15N3O3S. The highest BCUT2D eigenvalue weighted by Gasteiger charge is 2.14. The maximum atomic E-state index is 12.0. The van der Waals surface area contributed by atoms with Gasteiger partial charge in [0.05, 0.1) is 12.0 Å². The second kappa shape index (κ2) is 6.62. The van der Waals surface area contributed by atoms with Gasteiger partial charge >= 0.3 is 0 Å². The summed E-state index contributed by atoms with van der Waals surface area (Å²) in [7, 11) is 1.59. The van der Waals surface area contributed by atoms with E-state index in [0.29, 0.717) is 17.5 Å². The van der Waals surface area contributed by atoms with Crippen molar-refractivity contribution in [1.29, 1.82) is 0 Å².